The predicted molar refractivity (Wildman–Crippen MR) is 125 cm³/mol. The highest BCUT2D eigenvalue weighted by Gasteiger charge is 2.05. The molecule has 1 aromatic carbocycles. The molecule has 0 spiro atoms. The van der Waals surface area contributed by atoms with E-state index in [4.69, 9.17) is 4.74 Å². The number of halogens is 1. The van der Waals surface area contributed by atoms with Gasteiger partial charge in [0.15, 0.2) is 5.96 Å². The van der Waals surface area contributed by atoms with Crippen molar-refractivity contribution >= 4 is 41.7 Å². The van der Waals surface area contributed by atoms with E-state index in [1.165, 1.54) is 16.0 Å². The van der Waals surface area contributed by atoms with Gasteiger partial charge in [0.25, 0.3) is 0 Å². The van der Waals surface area contributed by atoms with Crippen LogP contribution < -0.4 is 15.4 Å². The summed E-state index contributed by atoms with van der Waals surface area (Å²) in [5, 5.41) is 6.68. The fraction of sp³-hybridized carbons (Fsp3) is 0.400. The van der Waals surface area contributed by atoms with E-state index in [0.29, 0.717) is 12.4 Å². The largest absolute Gasteiger partial charge is 0.475 e. The summed E-state index contributed by atoms with van der Waals surface area (Å²) in [5.41, 5.74) is 3.62. The van der Waals surface area contributed by atoms with Gasteiger partial charge < -0.3 is 15.4 Å². The van der Waals surface area contributed by atoms with Gasteiger partial charge in [-0.1, -0.05) is 18.2 Å². The van der Waals surface area contributed by atoms with Crippen molar-refractivity contribution in [1.29, 1.82) is 0 Å². The average Bonchev–Trinajstić information content (AvgIpc) is 2.63. The molecule has 2 rings (SSSR count). The summed E-state index contributed by atoms with van der Waals surface area (Å²) in [4.78, 5) is 9.90. The standard InChI is InChI=1S/C20H28N4OS.HI/c1-14(2)25-19-9-7-16(11-22-19)12-23-20(21-4)24-13-17-8-6-15(3)10-18(17)26-5;/h6-11,14H,12-13H2,1-5H3,(H2,21,23,24);1H. The Bertz CT molecular complexity index is 735. The van der Waals surface area contributed by atoms with E-state index in [1.807, 2.05) is 32.2 Å². The lowest BCUT2D eigenvalue weighted by Crippen LogP contribution is -2.36. The van der Waals surface area contributed by atoms with Crippen molar-refractivity contribution in [2.24, 2.45) is 4.99 Å². The molecular weight excluding hydrogens is 471 g/mol. The van der Waals surface area contributed by atoms with Gasteiger partial charge in [0.2, 0.25) is 5.88 Å². The minimum absolute atomic E-state index is 0. The van der Waals surface area contributed by atoms with Crippen molar-refractivity contribution in [2.75, 3.05) is 13.3 Å². The molecule has 0 aliphatic carbocycles. The van der Waals surface area contributed by atoms with E-state index >= 15 is 0 Å². The van der Waals surface area contributed by atoms with Crippen molar-refractivity contribution in [1.82, 2.24) is 15.6 Å². The Kier molecular flexibility index (Phi) is 10.5. The van der Waals surface area contributed by atoms with Crippen LogP contribution in [0.4, 0.5) is 0 Å². The van der Waals surface area contributed by atoms with Crippen LogP contribution in [0.1, 0.15) is 30.5 Å². The second-order valence-electron chi connectivity index (χ2n) is 6.27. The Balaban J connectivity index is 0.00000364. The molecule has 2 aromatic rings. The molecule has 0 aliphatic heterocycles. The molecule has 7 heteroatoms. The molecule has 1 aromatic heterocycles. The third kappa shape index (κ3) is 7.96. The van der Waals surface area contributed by atoms with Crippen LogP contribution in [-0.2, 0) is 13.1 Å². The highest BCUT2D eigenvalue weighted by molar-refractivity contribution is 14.0. The normalized spacial score (nSPS) is 11.1. The SMILES string of the molecule is CN=C(NCc1ccc(OC(C)C)nc1)NCc1ccc(C)cc1SC.I. The lowest BCUT2D eigenvalue weighted by atomic mass is 10.1. The van der Waals surface area contributed by atoms with E-state index in [1.54, 1.807) is 18.8 Å². The topological polar surface area (TPSA) is 58.5 Å². The minimum Gasteiger partial charge on any atom is -0.475 e. The molecule has 1 heterocycles. The van der Waals surface area contributed by atoms with Crippen LogP contribution >= 0.6 is 35.7 Å². The van der Waals surface area contributed by atoms with E-state index < -0.39 is 0 Å². The molecular formula is C20H29IN4OS. The van der Waals surface area contributed by atoms with Crippen LogP contribution in [0.3, 0.4) is 0 Å². The number of nitrogens with one attached hydrogen (secondary N) is 2. The number of benzene rings is 1. The van der Waals surface area contributed by atoms with Gasteiger partial charge >= 0.3 is 0 Å². The van der Waals surface area contributed by atoms with Crippen molar-refractivity contribution in [3.63, 3.8) is 0 Å². The zero-order valence-electron chi connectivity index (χ0n) is 16.6. The Hall–Kier alpha value is -1.48. The first-order valence-corrected chi connectivity index (χ1v) is 9.94. The molecule has 0 bridgehead atoms. The molecule has 0 amide bonds. The van der Waals surface area contributed by atoms with Crippen LogP contribution in [0.2, 0.25) is 0 Å². The Morgan fingerprint density at radius 3 is 2.52 bits per heavy atom. The van der Waals surface area contributed by atoms with Crippen molar-refractivity contribution < 1.29 is 4.74 Å². The molecule has 0 radical (unpaired) electrons. The maximum Gasteiger partial charge on any atom is 0.213 e. The van der Waals surface area contributed by atoms with Gasteiger partial charge in [0.1, 0.15) is 0 Å². The number of aliphatic imine (C=N–C) groups is 1. The van der Waals surface area contributed by atoms with Crippen LogP contribution in [0.5, 0.6) is 5.88 Å². The highest BCUT2D eigenvalue weighted by Crippen LogP contribution is 2.21. The number of ether oxygens (including phenoxy) is 1. The minimum atomic E-state index is 0. The monoisotopic (exact) mass is 500 g/mol. The molecule has 27 heavy (non-hydrogen) atoms. The van der Waals surface area contributed by atoms with Gasteiger partial charge in [-0.2, -0.15) is 0 Å². The summed E-state index contributed by atoms with van der Waals surface area (Å²) in [6.07, 6.45) is 4.05. The molecule has 2 N–H and O–H groups in total. The van der Waals surface area contributed by atoms with E-state index in [2.05, 4.69) is 52.0 Å². The molecule has 5 nitrogen and oxygen atoms in total. The summed E-state index contributed by atoms with van der Waals surface area (Å²) in [5.74, 6) is 1.41. The number of hydrogen-bond acceptors (Lipinski definition) is 4. The predicted octanol–water partition coefficient (Wildman–Crippen LogP) is 4.38. The van der Waals surface area contributed by atoms with Gasteiger partial charge in [-0.05, 0) is 49.8 Å². The Labute approximate surface area is 183 Å². The summed E-state index contributed by atoms with van der Waals surface area (Å²) in [6.45, 7) is 7.48. The maximum absolute atomic E-state index is 5.56. The number of thioether (sulfide) groups is 1. The first-order chi connectivity index (χ1) is 12.5. The van der Waals surface area contributed by atoms with Crippen LogP contribution in [0.15, 0.2) is 46.4 Å². The zero-order valence-corrected chi connectivity index (χ0v) is 19.7. The number of rotatable bonds is 7. The van der Waals surface area contributed by atoms with Crippen molar-refractivity contribution in [3.05, 3.63) is 53.2 Å². The second-order valence-corrected chi connectivity index (χ2v) is 7.11. The van der Waals surface area contributed by atoms with Gasteiger partial charge in [-0.25, -0.2) is 4.98 Å². The zero-order chi connectivity index (χ0) is 18.9. The summed E-state index contributed by atoms with van der Waals surface area (Å²) in [6, 6.07) is 10.4. The number of nitrogens with zero attached hydrogens (tertiary/aromatic N) is 2. The molecule has 0 atom stereocenters. The first kappa shape index (κ1) is 23.6. The van der Waals surface area contributed by atoms with Crippen molar-refractivity contribution in [3.8, 4) is 5.88 Å². The quantitative estimate of drug-likeness (QED) is 0.256. The number of guanidine groups is 1. The van der Waals surface area contributed by atoms with Crippen LogP contribution in [0.25, 0.3) is 0 Å². The number of aryl methyl sites for hydroxylation is 1. The summed E-state index contributed by atoms with van der Waals surface area (Å²) in [7, 11) is 1.78. The number of hydrogen-bond donors (Lipinski definition) is 2. The Morgan fingerprint density at radius 2 is 1.93 bits per heavy atom. The van der Waals surface area contributed by atoms with E-state index in [-0.39, 0.29) is 30.1 Å². The van der Waals surface area contributed by atoms with E-state index in [0.717, 1.165) is 18.1 Å². The number of pyridine rings is 1. The third-order valence-electron chi connectivity index (χ3n) is 3.73. The fourth-order valence-electron chi connectivity index (χ4n) is 2.41. The molecule has 148 valence electrons. The number of aromatic nitrogens is 1. The smallest absolute Gasteiger partial charge is 0.213 e. The first-order valence-electron chi connectivity index (χ1n) is 8.71. The molecule has 0 aliphatic rings. The van der Waals surface area contributed by atoms with Gasteiger partial charge in [-0.15, -0.1) is 35.7 Å². The molecule has 0 saturated carbocycles. The summed E-state index contributed by atoms with van der Waals surface area (Å²) >= 11 is 1.76. The van der Waals surface area contributed by atoms with Gasteiger partial charge in [0.05, 0.1) is 6.10 Å². The second kappa shape index (κ2) is 12.1. The van der Waals surface area contributed by atoms with Crippen LogP contribution in [-0.4, -0.2) is 30.4 Å². The highest BCUT2D eigenvalue weighted by atomic mass is 127. The average molecular weight is 500 g/mol. The maximum atomic E-state index is 5.56. The lowest BCUT2D eigenvalue weighted by Gasteiger charge is -2.14. The molecule has 0 saturated heterocycles. The van der Waals surface area contributed by atoms with Gasteiger partial charge in [-0.3, -0.25) is 4.99 Å². The Morgan fingerprint density at radius 1 is 1.19 bits per heavy atom. The third-order valence-corrected chi connectivity index (χ3v) is 4.55. The fourth-order valence-corrected chi connectivity index (χ4v) is 3.12. The molecule has 0 unspecified atom stereocenters. The lowest BCUT2D eigenvalue weighted by molar-refractivity contribution is 0.232. The van der Waals surface area contributed by atoms with Crippen LogP contribution in [0, 0.1) is 6.92 Å². The van der Waals surface area contributed by atoms with E-state index in [9.17, 15) is 0 Å². The summed E-state index contributed by atoms with van der Waals surface area (Å²) < 4.78 is 5.56. The van der Waals surface area contributed by atoms with Gasteiger partial charge in [0, 0.05) is 37.3 Å². The molecule has 0 fully saturated rings. The van der Waals surface area contributed by atoms with Crippen molar-refractivity contribution in [2.45, 2.75) is 44.9 Å².